The number of hydrogen-bond acceptors (Lipinski definition) is 3. The molecule has 35 heavy (non-hydrogen) atoms. The number of aromatic nitrogens is 2. The maximum Gasteiger partial charge on any atom is 0.331 e. The second-order valence-corrected chi connectivity index (χ2v) is 9.36. The predicted molar refractivity (Wildman–Crippen MR) is 138 cm³/mol. The number of fused-ring (bicyclic) bond motifs is 2. The lowest BCUT2D eigenvalue weighted by Crippen LogP contribution is -2.42. The van der Waals surface area contributed by atoms with Crippen molar-refractivity contribution < 1.29 is 4.79 Å². The number of aryl methyl sites for hydroxylation is 2. The number of hydrogen-bond donors (Lipinski definition) is 0. The molecule has 0 fully saturated rings. The summed E-state index contributed by atoms with van der Waals surface area (Å²) in [6.07, 6.45) is 0.930. The fraction of sp³-hybridized carbons (Fsp3) is 0.276. The fourth-order valence-electron chi connectivity index (χ4n) is 4.94. The van der Waals surface area contributed by atoms with Crippen molar-refractivity contribution in [3.8, 4) is 0 Å². The van der Waals surface area contributed by atoms with Gasteiger partial charge in [-0.3, -0.25) is 18.7 Å². The van der Waals surface area contributed by atoms with Crippen LogP contribution in [0.1, 0.15) is 34.2 Å². The molecular formula is C29H29N3O3. The quantitative estimate of drug-likeness (QED) is 0.449. The van der Waals surface area contributed by atoms with Gasteiger partial charge in [-0.1, -0.05) is 60.2 Å². The fourth-order valence-corrected chi connectivity index (χ4v) is 4.94. The molecular weight excluding hydrogens is 438 g/mol. The monoisotopic (exact) mass is 467 g/mol. The van der Waals surface area contributed by atoms with E-state index in [1.54, 1.807) is 16.7 Å². The molecule has 0 radical (unpaired) electrons. The Bertz CT molecular complexity index is 1550. The Balaban J connectivity index is 1.45. The molecule has 0 atom stereocenters. The van der Waals surface area contributed by atoms with Crippen molar-refractivity contribution in [1.82, 2.24) is 14.0 Å². The van der Waals surface area contributed by atoms with E-state index >= 15 is 0 Å². The Kier molecular flexibility index (Phi) is 6.12. The third kappa shape index (κ3) is 4.44. The molecule has 0 spiro atoms. The Morgan fingerprint density at radius 1 is 0.886 bits per heavy atom. The maximum atomic E-state index is 13.6. The van der Waals surface area contributed by atoms with Crippen LogP contribution in [0, 0.1) is 13.8 Å². The van der Waals surface area contributed by atoms with Crippen molar-refractivity contribution in [3.05, 3.63) is 115 Å². The molecule has 0 aliphatic carbocycles. The third-order valence-electron chi connectivity index (χ3n) is 7.00. The van der Waals surface area contributed by atoms with Gasteiger partial charge in [-0.2, -0.15) is 0 Å². The average Bonchev–Trinajstić information content (AvgIpc) is 2.88. The maximum absolute atomic E-state index is 13.6. The van der Waals surface area contributed by atoms with Crippen LogP contribution in [0.25, 0.3) is 10.9 Å². The Morgan fingerprint density at radius 3 is 2.46 bits per heavy atom. The standard InChI is InChI=1S/C29H29N3O3/c1-20-11-12-21(2)24(17-20)19-32-26-10-6-5-9-25(26)28(34)31(29(32)35)16-14-27(33)30-15-13-22-7-3-4-8-23(22)18-30/h3-12,17H,13-16,18-19H2,1-2H3. The highest BCUT2D eigenvalue weighted by Crippen LogP contribution is 2.19. The van der Waals surface area contributed by atoms with Crippen molar-refractivity contribution in [2.24, 2.45) is 0 Å². The van der Waals surface area contributed by atoms with E-state index in [9.17, 15) is 14.4 Å². The van der Waals surface area contributed by atoms with Gasteiger partial charge in [0.05, 0.1) is 17.4 Å². The normalized spacial score (nSPS) is 13.1. The average molecular weight is 468 g/mol. The first-order valence-electron chi connectivity index (χ1n) is 12.1. The number of benzene rings is 3. The lowest BCUT2D eigenvalue weighted by molar-refractivity contribution is -0.132. The van der Waals surface area contributed by atoms with E-state index in [-0.39, 0.29) is 30.1 Å². The highest BCUT2D eigenvalue weighted by Gasteiger charge is 2.21. The summed E-state index contributed by atoms with van der Waals surface area (Å²) in [5.74, 6) is -0.0416. The topological polar surface area (TPSA) is 64.3 Å². The van der Waals surface area contributed by atoms with Crippen LogP contribution in [0.5, 0.6) is 0 Å². The molecule has 1 aliphatic rings. The molecule has 2 heterocycles. The zero-order valence-corrected chi connectivity index (χ0v) is 20.2. The van der Waals surface area contributed by atoms with Crippen molar-refractivity contribution >= 4 is 16.8 Å². The lowest BCUT2D eigenvalue weighted by atomic mass is 10.00. The van der Waals surface area contributed by atoms with Gasteiger partial charge in [0, 0.05) is 26.1 Å². The first-order valence-corrected chi connectivity index (χ1v) is 12.1. The van der Waals surface area contributed by atoms with Gasteiger partial charge in [0.25, 0.3) is 5.56 Å². The molecule has 6 nitrogen and oxygen atoms in total. The number of carbonyl (C=O) groups excluding carboxylic acids is 1. The molecule has 5 rings (SSSR count). The van der Waals surface area contributed by atoms with Gasteiger partial charge < -0.3 is 4.90 Å². The number of carbonyl (C=O) groups is 1. The molecule has 1 aromatic heterocycles. The number of amides is 1. The summed E-state index contributed by atoms with van der Waals surface area (Å²) < 4.78 is 2.88. The number of para-hydroxylation sites is 1. The Morgan fingerprint density at radius 2 is 1.63 bits per heavy atom. The van der Waals surface area contributed by atoms with Crippen LogP contribution in [0.2, 0.25) is 0 Å². The number of rotatable bonds is 5. The van der Waals surface area contributed by atoms with E-state index in [0.29, 0.717) is 30.5 Å². The zero-order chi connectivity index (χ0) is 24.5. The van der Waals surface area contributed by atoms with Crippen molar-refractivity contribution in [1.29, 1.82) is 0 Å². The van der Waals surface area contributed by atoms with E-state index in [0.717, 1.165) is 28.7 Å². The summed E-state index contributed by atoms with van der Waals surface area (Å²) >= 11 is 0. The number of nitrogens with zero attached hydrogens (tertiary/aromatic N) is 3. The minimum atomic E-state index is -0.383. The molecule has 0 unspecified atom stereocenters. The second kappa shape index (κ2) is 9.37. The minimum Gasteiger partial charge on any atom is -0.338 e. The van der Waals surface area contributed by atoms with Gasteiger partial charge in [0.2, 0.25) is 5.91 Å². The highest BCUT2D eigenvalue weighted by atomic mass is 16.2. The van der Waals surface area contributed by atoms with Crippen LogP contribution >= 0.6 is 0 Å². The molecule has 4 aromatic rings. The van der Waals surface area contributed by atoms with E-state index in [2.05, 4.69) is 18.2 Å². The van der Waals surface area contributed by atoms with Crippen molar-refractivity contribution in [3.63, 3.8) is 0 Å². The first kappa shape index (κ1) is 22.8. The summed E-state index contributed by atoms with van der Waals surface area (Å²) in [5.41, 5.74) is 5.55. The summed E-state index contributed by atoms with van der Waals surface area (Å²) in [4.78, 5) is 41.7. The largest absolute Gasteiger partial charge is 0.338 e. The zero-order valence-electron chi connectivity index (χ0n) is 20.2. The summed E-state index contributed by atoms with van der Waals surface area (Å²) in [6.45, 7) is 5.69. The summed E-state index contributed by atoms with van der Waals surface area (Å²) in [5, 5.41) is 0.483. The van der Waals surface area contributed by atoms with Gasteiger partial charge in [-0.25, -0.2) is 4.79 Å². The molecule has 1 amide bonds. The van der Waals surface area contributed by atoms with Gasteiger partial charge in [0.1, 0.15) is 0 Å². The molecule has 6 heteroatoms. The van der Waals surface area contributed by atoms with Crippen LogP contribution < -0.4 is 11.2 Å². The van der Waals surface area contributed by atoms with Crippen LogP contribution in [0.3, 0.4) is 0 Å². The molecule has 3 aromatic carbocycles. The van der Waals surface area contributed by atoms with E-state index < -0.39 is 0 Å². The van der Waals surface area contributed by atoms with Crippen LogP contribution in [0.4, 0.5) is 0 Å². The van der Waals surface area contributed by atoms with E-state index in [4.69, 9.17) is 0 Å². The molecule has 0 N–H and O–H groups in total. The van der Waals surface area contributed by atoms with Crippen LogP contribution in [-0.4, -0.2) is 26.5 Å². The van der Waals surface area contributed by atoms with E-state index in [1.165, 1.54) is 10.1 Å². The summed E-state index contributed by atoms with van der Waals surface area (Å²) in [7, 11) is 0. The molecule has 1 aliphatic heterocycles. The Labute approximate surface area is 204 Å². The van der Waals surface area contributed by atoms with Gasteiger partial charge in [-0.05, 0) is 54.7 Å². The second-order valence-electron chi connectivity index (χ2n) is 9.36. The predicted octanol–water partition coefficient (Wildman–Crippen LogP) is 3.80. The minimum absolute atomic E-state index is 0.0416. The smallest absolute Gasteiger partial charge is 0.331 e. The lowest BCUT2D eigenvalue weighted by Gasteiger charge is -2.29. The van der Waals surface area contributed by atoms with E-state index in [1.807, 2.05) is 55.1 Å². The van der Waals surface area contributed by atoms with Crippen LogP contribution in [0.15, 0.2) is 76.3 Å². The van der Waals surface area contributed by atoms with Gasteiger partial charge in [0.15, 0.2) is 0 Å². The summed E-state index contributed by atoms with van der Waals surface area (Å²) in [6, 6.07) is 21.5. The third-order valence-corrected chi connectivity index (χ3v) is 7.00. The SMILES string of the molecule is Cc1ccc(C)c(Cn2c(=O)n(CCC(=O)N3CCc4ccccc4C3)c(=O)c3ccccc32)c1. The van der Waals surface area contributed by atoms with Gasteiger partial charge >= 0.3 is 5.69 Å². The molecule has 0 saturated carbocycles. The highest BCUT2D eigenvalue weighted by molar-refractivity contribution is 5.78. The molecule has 178 valence electrons. The molecule has 0 saturated heterocycles. The Hall–Kier alpha value is -3.93. The molecule has 0 bridgehead atoms. The van der Waals surface area contributed by atoms with Crippen molar-refractivity contribution in [2.45, 2.75) is 46.3 Å². The first-order chi connectivity index (χ1) is 16.9. The van der Waals surface area contributed by atoms with Gasteiger partial charge in [-0.15, -0.1) is 0 Å². The van der Waals surface area contributed by atoms with Crippen LogP contribution in [-0.2, 0) is 30.8 Å². The van der Waals surface area contributed by atoms with Crippen molar-refractivity contribution in [2.75, 3.05) is 6.54 Å².